The van der Waals surface area contributed by atoms with Crippen LogP contribution in [0.2, 0.25) is 0 Å². The van der Waals surface area contributed by atoms with Crippen molar-refractivity contribution in [2.24, 2.45) is 0 Å². The molecule has 0 radical (unpaired) electrons. The molecule has 0 aromatic heterocycles. The summed E-state index contributed by atoms with van der Waals surface area (Å²) in [7, 11) is 0. The first kappa shape index (κ1) is 46.6. The number of ether oxygens (including phenoxy) is 4. The third-order valence-corrected chi connectivity index (χ3v) is 14.4. The lowest BCUT2D eigenvalue weighted by molar-refractivity contribution is 0.482. The van der Waals surface area contributed by atoms with Gasteiger partial charge in [-0.15, -0.1) is 0 Å². The topological polar surface area (TPSA) is 36.9 Å². The fourth-order valence-electron chi connectivity index (χ4n) is 10.7. The fourth-order valence-corrected chi connectivity index (χ4v) is 10.7. The van der Waals surface area contributed by atoms with E-state index in [1.807, 2.05) is 121 Å². The molecular formula is C73H50O4. The van der Waals surface area contributed by atoms with Crippen LogP contribution in [0.3, 0.4) is 0 Å². The van der Waals surface area contributed by atoms with Crippen molar-refractivity contribution in [1.29, 1.82) is 0 Å². The minimum absolute atomic E-state index is 0.768. The summed E-state index contributed by atoms with van der Waals surface area (Å²) in [6.45, 7) is 0. The molecule has 1 aliphatic rings. The van der Waals surface area contributed by atoms with Crippen LogP contribution in [0.15, 0.2) is 303 Å². The normalized spacial score (nSPS) is 12.0. The van der Waals surface area contributed by atoms with E-state index in [9.17, 15) is 0 Å². The molecule has 12 aromatic carbocycles. The van der Waals surface area contributed by atoms with E-state index in [1.54, 1.807) is 0 Å². The Morgan fingerprint density at radius 2 is 0.403 bits per heavy atom. The summed E-state index contributed by atoms with van der Waals surface area (Å²) in [5.41, 5.74) is 14.9. The Bertz CT molecular complexity index is 3500. The van der Waals surface area contributed by atoms with E-state index in [0.29, 0.717) is 0 Å². The van der Waals surface area contributed by atoms with Crippen molar-refractivity contribution in [2.75, 3.05) is 0 Å². The molecule has 0 N–H and O–H groups in total. The lowest BCUT2D eigenvalue weighted by Crippen LogP contribution is -2.29. The van der Waals surface area contributed by atoms with Gasteiger partial charge >= 0.3 is 0 Å². The zero-order valence-corrected chi connectivity index (χ0v) is 42.0. The van der Waals surface area contributed by atoms with Crippen molar-refractivity contribution < 1.29 is 18.9 Å². The van der Waals surface area contributed by atoms with Crippen molar-refractivity contribution >= 4 is 0 Å². The second-order valence-corrected chi connectivity index (χ2v) is 19.2. The molecule has 0 saturated carbocycles. The highest BCUT2D eigenvalue weighted by Crippen LogP contribution is 2.58. The molecule has 0 unspecified atom stereocenters. The maximum absolute atomic E-state index is 6.31. The monoisotopic (exact) mass is 990 g/mol. The highest BCUT2D eigenvalue weighted by Gasteiger charge is 2.46. The van der Waals surface area contributed by atoms with Gasteiger partial charge in [0, 0.05) is 0 Å². The Kier molecular flexibility index (Phi) is 12.5. The number of para-hydroxylation sites is 4. The summed E-state index contributed by atoms with van der Waals surface area (Å²) >= 11 is 0. The molecule has 0 amide bonds. The molecule has 0 spiro atoms. The first-order valence-corrected chi connectivity index (χ1v) is 25.9. The van der Waals surface area contributed by atoms with Gasteiger partial charge in [-0.3, -0.25) is 0 Å². The van der Waals surface area contributed by atoms with Gasteiger partial charge in [0.05, 0.1) is 5.41 Å². The minimum Gasteiger partial charge on any atom is -0.457 e. The highest BCUT2D eigenvalue weighted by molar-refractivity contribution is 5.89. The van der Waals surface area contributed by atoms with Gasteiger partial charge in [-0.2, -0.15) is 0 Å². The van der Waals surface area contributed by atoms with Crippen LogP contribution in [0.5, 0.6) is 46.0 Å². The van der Waals surface area contributed by atoms with Gasteiger partial charge in [0.25, 0.3) is 0 Å². The largest absolute Gasteiger partial charge is 0.457 e. The minimum atomic E-state index is -0.790. The van der Waals surface area contributed by atoms with Crippen molar-refractivity contribution in [3.63, 3.8) is 0 Å². The standard InChI is InChI=1S/C73H50O4/c1-5-17-61(18-6-1)74-65-37-29-51(30-38-65)55-45-56(52-31-39-66(40-32-52)75-62-19-7-2-8-20-62)48-59(47-55)73(71-27-15-13-25-69(71)70-26-14-16-28-72(70)73)60-49-57(53-33-41-67(42-34-53)76-63-21-9-3-10-22-63)46-58(50-60)54-35-43-68(44-36-54)77-64-23-11-4-12-24-64/h1-50H. The van der Waals surface area contributed by atoms with E-state index in [-0.39, 0.29) is 0 Å². The molecule has 0 fully saturated rings. The summed E-state index contributed by atoms with van der Waals surface area (Å²) in [6.07, 6.45) is 0. The second kappa shape index (κ2) is 20.6. The number of fused-ring (bicyclic) bond motifs is 3. The number of rotatable bonds is 14. The van der Waals surface area contributed by atoms with Crippen LogP contribution in [0.4, 0.5) is 0 Å². The predicted octanol–water partition coefficient (Wildman–Crippen LogP) is 19.9. The second-order valence-electron chi connectivity index (χ2n) is 19.2. The van der Waals surface area contributed by atoms with Crippen LogP contribution in [-0.2, 0) is 5.41 Å². The number of hydrogen-bond acceptors (Lipinski definition) is 4. The van der Waals surface area contributed by atoms with Gasteiger partial charge < -0.3 is 18.9 Å². The molecule has 13 rings (SSSR count). The van der Waals surface area contributed by atoms with E-state index in [0.717, 1.165) is 102 Å². The van der Waals surface area contributed by atoms with Gasteiger partial charge in [-0.1, -0.05) is 170 Å². The Morgan fingerprint density at radius 3 is 0.662 bits per heavy atom. The maximum Gasteiger partial charge on any atom is 0.127 e. The average Bonchev–Trinajstić information content (AvgIpc) is 4.07. The molecule has 77 heavy (non-hydrogen) atoms. The molecule has 1 aliphatic carbocycles. The van der Waals surface area contributed by atoms with Gasteiger partial charge in [0.2, 0.25) is 0 Å². The van der Waals surface area contributed by atoms with Gasteiger partial charge in [-0.25, -0.2) is 0 Å². The van der Waals surface area contributed by atoms with Crippen LogP contribution < -0.4 is 18.9 Å². The summed E-state index contributed by atoms with van der Waals surface area (Å²) in [6, 6.07) is 106. The van der Waals surface area contributed by atoms with Crippen molar-refractivity contribution in [2.45, 2.75) is 5.41 Å². The summed E-state index contributed by atoms with van der Waals surface area (Å²) in [5.74, 6) is 6.23. The molecule has 0 aliphatic heterocycles. The zero-order valence-electron chi connectivity index (χ0n) is 42.0. The third-order valence-electron chi connectivity index (χ3n) is 14.4. The maximum atomic E-state index is 6.31. The van der Waals surface area contributed by atoms with E-state index in [1.165, 1.54) is 22.3 Å². The van der Waals surface area contributed by atoms with E-state index >= 15 is 0 Å². The lowest BCUT2D eigenvalue weighted by atomic mass is 9.66. The number of hydrogen-bond donors (Lipinski definition) is 0. The molecule has 0 atom stereocenters. The summed E-state index contributed by atoms with van der Waals surface area (Å²) in [5, 5.41) is 0. The van der Waals surface area contributed by atoms with E-state index < -0.39 is 5.41 Å². The molecule has 0 heterocycles. The Balaban J connectivity index is 1.02. The highest BCUT2D eigenvalue weighted by atomic mass is 16.5. The SMILES string of the molecule is c1ccc(Oc2ccc(-c3cc(-c4ccc(Oc5ccccc5)cc4)cc(C4(c5cc(-c6ccc(Oc7ccccc7)cc6)cc(-c6ccc(Oc7ccccc7)cc6)c5)c5ccccc5-c5ccccc54)c3)cc2)cc1. The van der Waals surface area contributed by atoms with Crippen molar-refractivity contribution in [3.8, 4) is 102 Å². The number of benzene rings is 12. The van der Waals surface area contributed by atoms with Crippen LogP contribution in [0.1, 0.15) is 22.3 Å². The fraction of sp³-hybridized carbons (Fsp3) is 0.0137. The quantitative estimate of drug-likeness (QED) is 0.109. The Labute approximate surface area is 449 Å². The smallest absolute Gasteiger partial charge is 0.127 e. The Morgan fingerprint density at radius 1 is 0.182 bits per heavy atom. The third kappa shape index (κ3) is 9.53. The zero-order chi connectivity index (χ0) is 51.4. The lowest BCUT2D eigenvalue weighted by Gasteiger charge is -2.35. The molecule has 4 nitrogen and oxygen atoms in total. The summed E-state index contributed by atoms with van der Waals surface area (Å²) in [4.78, 5) is 0. The molecule has 0 saturated heterocycles. The molecule has 12 aromatic rings. The van der Waals surface area contributed by atoms with Crippen LogP contribution in [0.25, 0.3) is 55.6 Å². The molecular weight excluding hydrogens is 941 g/mol. The van der Waals surface area contributed by atoms with Gasteiger partial charge in [0.15, 0.2) is 0 Å². The van der Waals surface area contributed by atoms with Crippen LogP contribution >= 0.6 is 0 Å². The van der Waals surface area contributed by atoms with Crippen LogP contribution in [-0.4, -0.2) is 0 Å². The van der Waals surface area contributed by atoms with Crippen molar-refractivity contribution in [3.05, 3.63) is 326 Å². The first-order chi connectivity index (χ1) is 38.1. The summed E-state index contributed by atoms with van der Waals surface area (Å²) < 4.78 is 25.2. The van der Waals surface area contributed by atoms with Gasteiger partial charge in [0.1, 0.15) is 46.0 Å². The van der Waals surface area contributed by atoms with Crippen molar-refractivity contribution in [1.82, 2.24) is 0 Å². The first-order valence-electron chi connectivity index (χ1n) is 25.9. The molecule has 4 heteroatoms. The average molecular weight is 991 g/mol. The van der Waals surface area contributed by atoms with E-state index in [2.05, 4.69) is 182 Å². The molecule has 0 bridgehead atoms. The van der Waals surface area contributed by atoms with E-state index in [4.69, 9.17) is 18.9 Å². The predicted molar refractivity (Wildman–Crippen MR) is 312 cm³/mol. The molecule has 366 valence electrons. The Hall–Kier alpha value is -10.2. The van der Waals surface area contributed by atoms with Crippen LogP contribution in [0, 0.1) is 0 Å². The van der Waals surface area contributed by atoms with Gasteiger partial charge in [-0.05, 0) is 211 Å².